The molecule has 55 heteroatoms. The summed E-state index contributed by atoms with van der Waals surface area (Å²) in [5.74, 6) is -22.4. The minimum Gasteiger partial charge on any atom is -0.480 e. The van der Waals surface area contributed by atoms with Crippen LogP contribution in [0.2, 0.25) is 0 Å². The third kappa shape index (κ3) is 44.3. The number of carboxylic acids is 1. The highest BCUT2D eigenvalue weighted by Gasteiger charge is 2.40. The van der Waals surface area contributed by atoms with Gasteiger partial charge in [0.05, 0.1) is 25.5 Å². The number of nitrogens with one attached hydrogen (secondary N) is 24. The van der Waals surface area contributed by atoms with Crippen molar-refractivity contribution >= 4 is 200 Å². The van der Waals surface area contributed by atoms with Crippen molar-refractivity contribution < 1.29 is 96.5 Å². The second-order valence-electron chi connectivity index (χ2n) is 31.8. The number of aromatic amines is 1. The second kappa shape index (κ2) is 63.1. The lowest BCUT2D eigenvalue weighted by Crippen LogP contribution is -2.62. The van der Waals surface area contributed by atoms with E-state index >= 15 is 0 Å². The number of carboxylic acid groups (broad SMARTS) is 1. The summed E-state index contributed by atoms with van der Waals surface area (Å²) in [6.07, 6.45) is 0.844. The van der Waals surface area contributed by atoms with E-state index in [0.29, 0.717) is 11.3 Å². The van der Waals surface area contributed by atoms with Crippen LogP contribution < -0.4 is 129 Å². The number of aromatic nitrogens is 2. The Labute approximate surface area is 808 Å². The maximum atomic E-state index is 14.4. The van der Waals surface area contributed by atoms with Crippen molar-refractivity contribution in [3.63, 3.8) is 0 Å². The lowest BCUT2D eigenvalue weighted by molar-refractivity contribution is -0.143. The van der Waals surface area contributed by atoms with Crippen molar-refractivity contribution in [3.8, 4) is 0 Å². The number of H-pyrrole nitrogens is 1. The molecule has 0 saturated carbocycles. The topological polar surface area (TPSA) is 793 Å². The first-order valence-corrected chi connectivity index (χ1v) is 46.7. The molecule has 0 unspecified atom stereocenters. The molecule has 0 aliphatic heterocycles. The van der Waals surface area contributed by atoms with Gasteiger partial charge in [-0.05, 0) is 82.1 Å². The zero-order chi connectivity index (χ0) is 101. The van der Waals surface area contributed by atoms with E-state index in [1.165, 1.54) is 19.4 Å². The summed E-state index contributed by atoms with van der Waals surface area (Å²) in [7, 11) is 0. The van der Waals surface area contributed by atoms with Gasteiger partial charge in [0.25, 0.3) is 0 Å². The summed E-state index contributed by atoms with van der Waals surface area (Å²) >= 11 is 25.6. The van der Waals surface area contributed by atoms with Crippen LogP contribution in [-0.4, -0.2) is 314 Å². The van der Waals surface area contributed by atoms with E-state index in [4.69, 9.17) is 39.2 Å². The first-order valence-electron chi connectivity index (χ1n) is 42.9. The first-order chi connectivity index (χ1) is 63.2. The molecule has 18 atom stereocenters. The third-order valence-electron chi connectivity index (χ3n) is 20.1. The van der Waals surface area contributed by atoms with E-state index in [1.54, 1.807) is 71.9 Å². The monoisotopic (exact) mass is 2000 g/mol. The summed E-state index contributed by atoms with van der Waals surface area (Å²) in [5, 5.41) is 92.7. The molecule has 1 aromatic carbocycles. The fourth-order valence-electron chi connectivity index (χ4n) is 12.4. The van der Waals surface area contributed by atoms with Gasteiger partial charge in [-0.1, -0.05) is 78.3 Å². The normalized spacial score (nSPS) is 15.1. The highest BCUT2D eigenvalue weighted by molar-refractivity contribution is 7.81. The number of thiol groups is 6. The fourth-order valence-corrected chi connectivity index (χ4v) is 14.0. The number of amides is 17. The molecule has 2 rings (SSSR count). The second-order valence-corrected chi connectivity index (χ2v) is 34.0. The molecule has 750 valence electrons. The van der Waals surface area contributed by atoms with Gasteiger partial charge in [0, 0.05) is 78.9 Å². The Morgan fingerprint density at radius 2 is 0.746 bits per heavy atom. The lowest BCUT2D eigenvalue weighted by Gasteiger charge is -2.29. The molecule has 0 saturated heterocycles. The Morgan fingerprint density at radius 3 is 1.14 bits per heavy atom. The van der Waals surface area contributed by atoms with Crippen LogP contribution in [0.5, 0.6) is 0 Å². The average Bonchev–Trinajstić information content (AvgIpc) is 1.09. The van der Waals surface area contributed by atoms with Crippen LogP contribution in [0.25, 0.3) is 0 Å². The van der Waals surface area contributed by atoms with Crippen molar-refractivity contribution in [3.05, 3.63) is 54.1 Å². The maximum absolute atomic E-state index is 14.4. The van der Waals surface area contributed by atoms with Gasteiger partial charge < -0.3 is 144 Å². The van der Waals surface area contributed by atoms with Crippen molar-refractivity contribution in [1.82, 2.24) is 116 Å². The number of hydrogen-bond acceptors (Lipinski definition) is 30. The smallest absolute Gasteiger partial charge is 0.326 e. The van der Waals surface area contributed by atoms with Crippen LogP contribution >= 0.6 is 75.8 Å². The third-order valence-corrected chi connectivity index (χ3v) is 22.3. The standard InChI is InChI=1S/C79H133N29O20S6/c1-9-39(6)59(74(125)105-55(35-134)72(123)108-60(41(8)109)75(126)97-46(76(127)128)20-15-23-90-79(85)86)107-71(122)54(34-133)102-64(115)45(19-14-22-89-78(83)84)96-69(120)53(33-132)104-73(124)58(38(4)5)106-57(111)29-91-62(113)49(26-43-28-87-36-92-43)99-65(116)47(24-37(2)3)98-70(121)51(31-130)100-61(112)40(7)93-67(118)50(30-129)101-63(114)44(18-13-21-88-77(81)82)95-68(119)52(32-131)103-66(117)48(94-56(110)27-80)25-42-16-11-10-12-17-42/h10-12,16-17,28,36-41,44-55,58-60,109,129-134H,9,13-15,18-27,29-35,80H2,1-8H3,(H,87,92)(H,91,113)(H,93,118)(H,94,110)(H,95,119)(H,96,120)(H,97,126)(H,98,121)(H,99,116)(H,100,112)(H,101,114)(H,102,115)(H,103,117)(H,104,124)(H,105,125)(H,106,111)(H,107,122)(H,108,123)(H,127,128)(H4,81,82,88)(H4,83,84,89)(H4,85,86,90)/t39-,40-,41+,44-,45-,46-,47-,48-,49-,50-,51-,52-,53-,54-,55-,58-,59-,60-/m0/s1. The van der Waals surface area contributed by atoms with Crippen LogP contribution in [0.3, 0.4) is 0 Å². The first kappa shape index (κ1) is 119. The number of rotatable bonds is 63. The predicted molar refractivity (Wildman–Crippen MR) is 515 cm³/mol. The van der Waals surface area contributed by atoms with Crippen LogP contribution in [0.15, 0.2) is 42.9 Å². The molecule has 49 nitrogen and oxygen atoms in total. The summed E-state index contributed by atoms with van der Waals surface area (Å²) < 4.78 is 0. The van der Waals surface area contributed by atoms with Crippen LogP contribution in [-0.2, 0) is 99.1 Å². The molecule has 0 bridgehead atoms. The Bertz CT molecular complexity index is 4270. The number of imidazole rings is 1. The number of nitrogens with zero attached hydrogens (tertiary/aromatic N) is 1. The van der Waals surface area contributed by atoms with Crippen molar-refractivity contribution in [2.45, 2.75) is 222 Å². The molecule has 0 spiro atoms. The van der Waals surface area contributed by atoms with Gasteiger partial charge in [-0.2, -0.15) is 75.8 Å². The lowest BCUT2D eigenvalue weighted by atomic mass is 9.97. The highest BCUT2D eigenvalue weighted by Crippen LogP contribution is 2.15. The molecule has 34 N–H and O–H groups in total. The number of aliphatic hydroxyl groups excluding tert-OH is 1. The molecule has 0 aliphatic carbocycles. The minimum absolute atomic E-state index is 0.00307. The Kier molecular flexibility index (Phi) is 55.9. The van der Waals surface area contributed by atoms with Gasteiger partial charge >= 0.3 is 5.97 Å². The summed E-state index contributed by atoms with van der Waals surface area (Å²) in [6.45, 7) is 11.1. The molecule has 1 heterocycles. The molecule has 2 aromatic rings. The molecule has 0 fully saturated rings. The molecule has 134 heavy (non-hydrogen) atoms. The summed E-state index contributed by atoms with van der Waals surface area (Å²) in [5.41, 5.74) is 22.7. The number of hydrogen-bond donors (Lipinski definition) is 36. The largest absolute Gasteiger partial charge is 0.480 e. The quantitative estimate of drug-likeness (QED) is 0.0127. The van der Waals surface area contributed by atoms with Gasteiger partial charge in [0.2, 0.25) is 100 Å². The average molecular weight is 2000 g/mol. The SMILES string of the molecule is CC[C@H](C)[C@H](NC(=O)[C@H](CS)NC(=O)[C@H](CCCNC(=N)N)NC(=O)[C@H](CS)NC(=O)[C@@H](NC(=O)CNC(=O)[C@H](Cc1cnc[nH]1)NC(=O)[C@H](CC(C)C)NC(=O)[C@H](CS)NC(=O)[C@H](C)NC(=O)[C@H](CS)NC(=O)[C@H](CCCNC(=N)N)NC(=O)[C@H](CS)NC(=O)[C@H](Cc1ccccc1)NC(=O)CN)C(C)C)C(=O)N[C@@H](CS)C(=O)N[C@H](C(=O)N[C@@H](CCCNC(=N)N)C(=O)O)[C@@H](C)O. The number of carbonyl (C=O) groups is 18. The van der Waals surface area contributed by atoms with E-state index in [9.17, 15) is 96.5 Å². The van der Waals surface area contributed by atoms with Crippen LogP contribution in [0, 0.1) is 34.0 Å². The highest BCUT2D eigenvalue weighted by atomic mass is 32.1. The number of carbonyl (C=O) groups excluding carboxylic acids is 17. The number of aliphatic hydroxyl groups is 1. The van der Waals surface area contributed by atoms with Crippen molar-refractivity contribution in [2.24, 2.45) is 40.7 Å². The molecule has 17 amide bonds. The number of benzene rings is 1. The molecular formula is C79H133N29O20S6. The summed E-state index contributed by atoms with van der Waals surface area (Å²) in [6, 6.07) is -14.9. The van der Waals surface area contributed by atoms with Gasteiger partial charge in [-0.15, -0.1) is 0 Å². The Balaban J connectivity index is 2.29. The van der Waals surface area contributed by atoms with Crippen molar-refractivity contribution in [2.75, 3.05) is 67.2 Å². The van der Waals surface area contributed by atoms with E-state index in [-0.39, 0.29) is 119 Å². The number of nitrogens with two attached hydrogens (primary N) is 4. The number of guanidine groups is 3. The molecular weight excluding hydrogens is 1870 g/mol. The van der Waals surface area contributed by atoms with Crippen LogP contribution in [0.1, 0.15) is 118 Å². The zero-order valence-electron chi connectivity index (χ0n) is 75.6. The molecule has 0 aliphatic rings. The van der Waals surface area contributed by atoms with E-state index in [0.717, 1.165) is 6.92 Å². The van der Waals surface area contributed by atoms with E-state index < -0.39 is 257 Å². The van der Waals surface area contributed by atoms with Crippen LogP contribution in [0.4, 0.5) is 0 Å². The van der Waals surface area contributed by atoms with Gasteiger partial charge in [-0.25, -0.2) is 9.78 Å². The molecule has 0 radical (unpaired) electrons. The van der Waals surface area contributed by atoms with Gasteiger partial charge in [0.1, 0.15) is 96.7 Å². The van der Waals surface area contributed by atoms with Gasteiger partial charge in [0.15, 0.2) is 17.9 Å². The summed E-state index contributed by atoms with van der Waals surface area (Å²) in [4.78, 5) is 255. The zero-order valence-corrected chi connectivity index (χ0v) is 81.0. The Hall–Kier alpha value is -11.3. The maximum Gasteiger partial charge on any atom is 0.326 e. The Morgan fingerprint density at radius 1 is 0.396 bits per heavy atom. The van der Waals surface area contributed by atoms with Gasteiger partial charge in [-0.3, -0.25) is 97.7 Å². The minimum atomic E-state index is -1.75. The fraction of sp³-hybridized carbons (Fsp3) is 0.620. The van der Waals surface area contributed by atoms with E-state index in [2.05, 4.69) is 192 Å². The van der Waals surface area contributed by atoms with E-state index in [1.807, 2.05) is 0 Å². The van der Waals surface area contributed by atoms with Crippen molar-refractivity contribution in [1.29, 1.82) is 16.2 Å². The number of aliphatic carboxylic acids is 1. The molecule has 1 aromatic heterocycles. The predicted octanol–water partition coefficient (Wildman–Crippen LogP) is -9.37.